The van der Waals surface area contributed by atoms with Gasteiger partial charge in [-0.15, -0.1) is 0 Å². The summed E-state index contributed by atoms with van der Waals surface area (Å²) in [5, 5.41) is 2.68. The molecule has 0 aliphatic heterocycles. The Balaban J connectivity index is 1.89. The molecule has 0 bridgehead atoms. The van der Waals surface area contributed by atoms with E-state index in [9.17, 15) is 9.59 Å². The summed E-state index contributed by atoms with van der Waals surface area (Å²) < 4.78 is 15.2. The number of hydrogen-bond acceptors (Lipinski definition) is 5. The van der Waals surface area contributed by atoms with E-state index in [-0.39, 0.29) is 18.1 Å². The molecule has 0 atom stereocenters. The van der Waals surface area contributed by atoms with Gasteiger partial charge in [0.05, 0.1) is 14.2 Å². The van der Waals surface area contributed by atoms with Crippen LogP contribution in [-0.2, 0) is 16.1 Å². The number of benzene rings is 2. The highest BCUT2D eigenvalue weighted by molar-refractivity contribution is 5.94. The number of carbonyl (C=O) groups excluding carboxylic acids is 2. The van der Waals surface area contributed by atoms with E-state index in [1.807, 2.05) is 30.3 Å². The lowest BCUT2D eigenvalue weighted by molar-refractivity contribution is -0.124. The van der Waals surface area contributed by atoms with Crippen molar-refractivity contribution in [2.75, 3.05) is 20.8 Å². The quantitative estimate of drug-likeness (QED) is 0.788. The van der Waals surface area contributed by atoms with E-state index >= 15 is 0 Å². The van der Waals surface area contributed by atoms with Gasteiger partial charge >= 0.3 is 5.97 Å². The van der Waals surface area contributed by atoms with Crippen molar-refractivity contribution in [1.29, 1.82) is 0 Å². The smallest absolute Gasteiger partial charge is 0.342 e. The molecule has 0 radical (unpaired) electrons. The molecule has 0 heterocycles. The topological polar surface area (TPSA) is 73.9 Å². The van der Waals surface area contributed by atoms with Gasteiger partial charge in [-0.1, -0.05) is 30.3 Å². The lowest BCUT2D eigenvalue weighted by atomic mass is 10.2. The summed E-state index contributed by atoms with van der Waals surface area (Å²) in [6, 6.07) is 14.2. The van der Waals surface area contributed by atoms with Crippen molar-refractivity contribution in [3.05, 3.63) is 59.7 Å². The summed E-state index contributed by atoms with van der Waals surface area (Å²) in [5.41, 5.74) is 1.17. The normalized spacial score (nSPS) is 9.92. The van der Waals surface area contributed by atoms with Crippen LogP contribution in [0.2, 0.25) is 0 Å². The van der Waals surface area contributed by atoms with Crippen molar-refractivity contribution >= 4 is 11.9 Å². The number of methoxy groups -OCH3 is 2. The molecule has 1 amide bonds. The Hall–Kier alpha value is -3.02. The van der Waals surface area contributed by atoms with Crippen LogP contribution in [0.15, 0.2) is 48.5 Å². The largest absolute Gasteiger partial charge is 0.497 e. The van der Waals surface area contributed by atoms with Gasteiger partial charge in [0.25, 0.3) is 5.91 Å². The molecule has 126 valence electrons. The summed E-state index contributed by atoms with van der Waals surface area (Å²) in [6.07, 6.45) is 0. The molecule has 24 heavy (non-hydrogen) atoms. The average molecular weight is 329 g/mol. The first-order valence-electron chi connectivity index (χ1n) is 7.34. The first-order valence-corrected chi connectivity index (χ1v) is 7.34. The van der Waals surface area contributed by atoms with Crippen LogP contribution in [0.4, 0.5) is 0 Å². The Morgan fingerprint density at radius 1 is 1.00 bits per heavy atom. The molecule has 0 saturated heterocycles. The van der Waals surface area contributed by atoms with Gasteiger partial charge in [-0.3, -0.25) is 4.79 Å². The van der Waals surface area contributed by atoms with Crippen molar-refractivity contribution in [1.82, 2.24) is 5.32 Å². The Morgan fingerprint density at radius 3 is 2.42 bits per heavy atom. The van der Waals surface area contributed by atoms with Crippen molar-refractivity contribution in [2.45, 2.75) is 6.54 Å². The number of nitrogens with one attached hydrogen (secondary N) is 1. The van der Waals surface area contributed by atoms with E-state index in [0.29, 0.717) is 18.0 Å². The van der Waals surface area contributed by atoms with Crippen LogP contribution in [0.5, 0.6) is 11.5 Å². The minimum absolute atomic E-state index is 0.202. The van der Waals surface area contributed by atoms with Crippen molar-refractivity contribution in [2.24, 2.45) is 0 Å². The summed E-state index contributed by atoms with van der Waals surface area (Å²) in [4.78, 5) is 23.9. The third-order valence-electron chi connectivity index (χ3n) is 3.29. The van der Waals surface area contributed by atoms with Gasteiger partial charge in [0, 0.05) is 6.54 Å². The van der Waals surface area contributed by atoms with Crippen LogP contribution in [-0.4, -0.2) is 32.7 Å². The Labute approximate surface area is 140 Å². The maximum absolute atomic E-state index is 12.1. The van der Waals surface area contributed by atoms with Crippen LogP contribution in [0.1, 0.15) is 15.9 Å². The van der Waals surface area contributed by atoms with Gasteiger partial charge < -0.3 is 19.5 Å². The molecule has 0 aliphatic carbocycles. The molecule has 0 aromatic heterocycles. The highest BCUT2D eigenvalue weighted by Gasteiger charge is 2.16. The minimum Gasteiger partial charge on any atom is -0.497 e. The number of hydrogen-bond donors (Lipinski definition) is 1. The molecule has 2 aromatic rings. The molecule has 1 N–H and O–H groups in total. The van der Waals surface area contributed by atoms with E-state index < -0.39 is 5.97 Å². The standard InChI is InChI=1S/C18H19NO5/c1-22-14-8-9-16(23-2)15(10-14)18(21)24-12-17(20)19-11-13-6-4-3-5-7-13/h3-10H,11-12H2,1-2H3,(H,19,20). The monoisotopic (exact) mass is 329 g/mol. The van der Waals surface area contributed by atoms with Gasteiger partial charge in [-0.2, -0.15) is 0 Å². The molecule has 0 saturated carbocycles. The molecule has 0 unspecified atom stereocenters. The maximum atomic E-state index is 12.1. The predicted molar refractivity (Wildman–Crippen MR) is 88.1 cm³/mol. The summed E-state index contributed by atoms with van der Waals surface area (Å²) in [7, 11) is 2.94. The molecular formula is C18H19NO5. The number of amides is 1. The first-order chi connectivity index (χ1) is 11.6. The molecule has 0 aliphatic rings. The highest BCUT2D eigenvalue weighted by atomic mass is 16.5. The predicted octanol–water partition coefficient (Wildman–Crippen LogP) is 2.18. The SMILES string of the molecule is COc1ccc(OC)c(C(=O)OCC(=O)NCc2ccccc2)c1. The second-order valence-corrected chi connectivity index (χ2v) is 4.90. The zero-order valence-corrected chi connectivity index (χ0v) is 13.6. The maximum Gasteiger partial charge on any atom is 0.342 e. The fourth-order valence-corrected chi connectivity index (χ4v) is 2.03. The summed E-state index contributed by atoms with van der Waals surface area (Å²) in [5.74, 6) is -0.184. The molecule has 2 aromatic carbocycles. The molecular weight excluding hydrogens is 310 g/mol. The van der Waals surface area contributed by atoms with E-state index in [1.165, 1.54) is 20.3 Å². The first kappa shape index (κ1) is 17.3. The number of carbonyl (C=O) groups is 2. The van der Waals surface area contributed by atoms with Gasteiger partial charge in [0.1, 0.15) is 17.1 Å². The fourth-order valence-electron chi connectivity index (χ4n) is 2.03. The summed E-state index contributed by atoms with van der Waals surface area (Å²) in [6.45, 7) is 0.00569. The molecule has 0 spiro atoms. The third kappa shape index (κ3) is 4.74. The van der Waals surface area contributed by atoms with Crippen LogP contribution >= 0.6 is 0 Å². The Kier molecular flexibility index (Phi) is 6.19. The van der Waals surface area contributed by atoms with E-state index in [0.717, 1.165) is 5.56 Å². The Bertz CT molecular complexity index is 700. The van der Waals surface area contributed by atoms with Crippen molar-refractivity contribution in [3.8, 4) is 11.5 Å². The second kappa shape index (κ2) is 8.57. The van der Waals surface area contributed by atoms with Crippen LogP contribution < -0.4 is 14.8 Å². The van der Waals surface area contributed by atoms with E-state index in [1.54, 1.807) is 12.1 Å². The van der Waals surface area contributed by atoms with Gasteiger partial charge in [-0.25, -0.2) is 4.79 Å². The average Bonchev–Trinajstić information content (AvgIpc) is 2.64. The lowest BCUT2D eigenvalue weighted by Gasteiger charge is -2.10. The van der Waals surface area contributed by atoms with Crippen LogP contribution in [0.25, 0.3) is 0 Å². The minimum atomic E-state index is -0.652. The zero-order valence-electron chi connectivity index (χ0n) is 13.6. The molecule has 6 heteroatoms. The fraction of sp³-hybridized carbons (Fsp3) is 0.222. The Morgan fingerprint density at radius 2 is 1.75 bits per heavy atom. The highest BCUT2D eigenvalue weighted by Crippen LogP contribution is 2.24. The molecule has 0 fully saturated rings. The van der Waals surface area contributed by atoms with Gasteiger partial charge in [-0.05, 0) is 23.8 Å². The lowest BCUT2D eigenvalue weighted by Crippen LogP contribution is -2.28. The van der Waals surface area contributed by atoms with Gasteiger partial charge in [0.15, 0.2) is 6.61 Å². The number of rotatable bonds is 7. The zero-order chi connectivity index (χ0) is 17.4. The van der Waals surface area contributed by atoms with Crippen molar-refractivity contribution in [3.63, 3.8) is 0 Å². The molecule has 6 nitrogen and oxygen atoms in total. The van der Waals surface area contributed by atoms with E-state index in [4.69, 9.17) is 14.2 Å². The molecule has 2 rings (SSSR count). The third-order valence-corrected chi connectivity index (χ3v) is 3.29. The number of ether oxygens (including phenoxy) is 3. The summed E-state index contributed by atoms with van der Waals surface area (Å²) >= 11 is 0. The van der Waals surface area contributed by atoms with Crippen LogP contribution in [0, 0.1) is 0 Å². The second-order valence-electron chi connectivity index (χ2n) is 4.90. The number of esters is 1. The van der Waals surface area contributed by atoms with Crippen LogP contribution in [0.3, 0.4) is 0 Å². The van der Waals surface area contributed by atoms with E-state index in [2.05, 4.69) is 5.32 Å². The van der Waals surface area contributed by atoms with Gasteiger partial charge in [0.2, 0.25) is 0 Å². The van der Waals surface area contributed by atoms with Crippen molar-refractivity contribution < 1.29 is 23.8 Å².